The van der Waals surface area contributed by atoms with Crippen molar-refractivity contribution in [3.05, 3.63) is 131 Å². The number of urea groups is 1. The Bertz CT molecular complexity index is 1650. The molecule has 1 aliphatic heterocycles. The summed E-state index contributed by atoms with van der Waals surface area (Å²) in [6.45, 7) is 4.89. The smallest absolute Gasteiger partial charge is 0.319 e. The third-order valence-corrected chi connectivity index (χ3v) is 7.22. The van der Waals surface area contributed by atoms with E-state index < -0.39 is 0 Å². The molecule has 0 unspecified atom stereocenters. The molecular formula is C35H35N5O3. The van der Waals surface area contributed by atoms with Crippen molar-refractivity contribution >= 4 is 40.5 Å². The van der Waals surface area contributed by atoms with Crippen LogP contribution in [0.5, 0.6) is 0 Å². The van der Waals surface area contributed by atoms with Crippen LogP contribution in [0.4, 0.5) is 16.2 Å². The van der Waals surface area contributed by atoms with Gasteiger partial charge in [0.25, 0.3) is 11.8 Å². The second kappa shape index (κ2) is 13.5. The lowest BCUT2D eigenvalue weighted by molar-refractivity contribution is -0.110. The number of amides is 4. The van der Waals surface area contributed by atoms with Crippen molar-refractivity contribution in [2.24, 2.45) is 0 Å². The first kappa shape index (κ1) is 29.1. The summed E-state index contributed by atoms with van der Waals surface area (Å²) in [6, 6.07) is 32.0. The fourth-order valence-corrected chi connectivity index (χ4v) is 5.07. The molecule has 5 N–H and O–H groups in total. The van der Waals surface area contributed by atoms with Gasteiger partial charge in [0, 0.05) is 35.6 Å². The van der Waals surface area contributed by atoms with Crippen LogP contribution in [0.3, 0.4) is 0 Å². The Balaban J connectivity index is 1.39. The Morgan fingerprint density at radius 2 is 1.56 bits per heavy atom. The summed E-state index contributed by atoms with van der Waals surface area (Å²) in [5.41, 5.74) is 6.58. The third-order valence-electron chi connectivity index (χ3n) is 7.22. The van der Waals surface area contributed by atoms with Crippen molar-refractivity contribution in [3.8, 4) is 0 Å². The fraction of sp³-hybridized carbons (Fsp3) is 0.171. The van der Waals surface area contributed by atoms with Crippen LogP contribution < -0.4 is 26.6 Å². The zero-order valence-electron chi connectivity index (χ0n) is 24.2. The number of hydrogen-bond acceptors (Lipinski definition) is 4. The number of rotatable bonds is 10. The van der Waals surface area contributed by atoms with Gasteiger partial charge in [-0.05, 0) is 67.3 Å². The topological polar surface area (TPSA) is 111 Å². The lowest BCUT2D eigenvalue weighted by Crippen LogP contribution is -2.28. The summed E-state index contributed by atoms with van der Waals surface area (Å²) in [5.74, 6) is -0.446. The Labute approximate surface area is 251 Å². The van der Waals surface area contributed by atoms with Gasteiger partial charge in [-0.3, -0.25) is 9.59 Å². The molecule has 0 saturated carbocycles. The Hall–Kier alpha value is -5.37. The maximum Gasteiger partial charge on any atom is 0.319 e. The number of carbonyl (C=O) groups excluding carboxylic acids is 3. The number of carbonyl (C=O) groups is 3. The average Bonchev–Trinajstić information content (AvgIpc) is 3.35. The summed E-state index contributed by atoms with van der Waals surface area (Å²) in [6.07, 6.45) is 0.656. The van der Waals surface area contributed by atoms with Crippen molar-refractivity contribution in [1.29, 1.82) is 0 Å². The summed E-state index contributed by atoms with van der Waals surface area (Å²) in [7, 11) is 0. The number of hydrogen-bond donors (Lipinski definition) is 5. The molecule has 4 aromatic rings. The molecule has 0 bridgehead atoms. The van der Waals surface area contributed by atoms with Gasteiger partial charge >= 0.3 is 6.03 Å². The maximum atomic E-state index is 13.4. The summed E-state index contributed by atoms with van der Waals surface area (Å²) < 4.78 is 0. The molecule has 4 aromatic carbocycles. The van der Waals surface area contributed by atoms with Crippen molar-refractivity contribution in [2.45, 2.75) is 26.3 Å². The van der Waals surface area contributed by atoms with Crippen LogP contribution in [0.25, 0.3) is 11.3 Å². The Kier molecular flexibility index (Phi) is 9.17. The van der Waals surface area contributed by atoms with Crippen molar-refractivity contribution in [1.82, 2.24) is 16.0 Å². The molecule has 1 heterocycles. The standard InChI is InChI=1S/C35H35N5O3/c1-3-36-35(43)39-28-16-10-11-24(21-28)19-20-37-32(26-14-8-5-9-15-26)31-29-22-27(17-18-30(29)40-34(31)42)33(41)38-23(2)25-12-6-4-7-13-25/h4-18,21-23,37H,3,19-20H2,1-2H3,(H,38,41)(H,40,42)(H2,36,39,43)/b32-31-/t23-/m0/s1. The molecule has 8 nitrogen and oxygen atoms in total. The molecule has 0 spiro atoms. The van der Waals surface area contributed by atoms with Crippen LogP contribution in [0, 0.1) is 0 Å². The highest BCUT2D eigenvalue weighted by Crippen LogP contribution is 2.37. The van der Waals surface area contributed by atoms with E-state index in [9.17, 15) is 14.4 Å². The van der Waals surface area contributed by atoms with Crippen LogP contribution >= 0.6 is 0 Å². The summed E-state index contributed by atoms with van der Waals surface area (Å²) in [4.78, 5) is 38.5. The minimum absolute atomic E-state index is 0.173. The zero-order chi connectivity index (χ0) is 30.2. The number of benzene rings is 4. The highest BCUT2D eigenvalue weighted by molar-refractivity contribution is 6.36. The first-order valence-electron chi connectivity index (χ1n) is 14.4. The molecule has 5 rings (SSSR count). The molecule has 0 radical (unpaired) electrons. The molecule has 43 heavy (non-hydrogen) atoms. The Morgan fingerprint density at radius 1 is 0.814 bits per heavy atom. The van der Waals surface area contributed by atoms with E-state index in [0.29, 0.717) is 53.3 Å². The monoisotopic (exact) mass is 573 g/mol. The van der Waals surface area contributed by atoms with Crippen LogP contribution in [0.1, 0.15) is 52.5 Å². The van der Waals surface area contributed by atoms with E-state index in [2.05, 4.69) is 26.6 Å². The predicted molar refractivity (Wildman–Crippen MR) is 171 cm³/mol. The highest BCUT2D eigenvalue weighted by Gasteiger charge is 2.29. The second-order valence-electron chi connectivity index (χ2n) is 10.3. The van der Waals surface area contributed by atoms with E-state index in [1.165, 1.54) is 0 Å². The van der Waals surface area contributed by atoms with E-state index in [-0.39, 0.29) is 23.9 Å². The van der Waals surface area contributed by atoms with E-state index in [4.69, 9.17) is 0 Å². The van der Waals surface area contributed by atoms with Crippen molar-refractivity contribution < 1.29 is 14.4 Å². The van der Waals surface area contributed by atoms with Gasteiger partial charge in [0.1, 0.15) is 0 Å². The van der Waals surface area contributed by atoms with E-state index in [0.717, 1.165) is 16.7 Å². The molecule has 0 aliphatic carbocycles. The molecule has 4 amide bonds. The van der Waals surface area contributed by atoms with Gasteiger partial charge in [-0.2, -0.15) is 0 Å². The van der Waals surface area contributed by atoms with Crippen molar-refractivity contribution in [2.75, 3.05) is 23.7 Å². The van der Waals surface area contributed by atoms with Gasteiger partial charge in [0.15, 0.2) is 0 Å². The number of nitrogens with one attached hydrogen (secondary N) is 5. The second-order valence-corrected chi connectivity index (χ2v) is 10.3. The average molecular weight is 574 g/mol. The lowest BCUT2D eigenvalue weighted by Gasteiger charge is -2.16. The summed E-state index contributed by atoms with van der Waals surface area (Å²) in [5, 5.41) is 15.1. The number of fused-ring (bicyclic) bond motifs is 1. The fourth-order valence-electron chi connectivity index (χ4n) is 5.07. The van der Waals surface area contributed by atoms with Crippen LogP contribution in [0.15, 0.2) is 103 Å². The van der Waals surface area contributed by atoms with Gasteiger partial charge in [-0.15, -0.1) is 0 Å². The van der Waals surface area contributed by atoms with Crippen LogP contribution in [-0.2, 0) is 11.2 Å². The van der Waals surface area contributed by atoms with Gasteiger partial charge in [0.2, 0.25) is 0 Å². The molecule has 218 valence electrons. The first-order valence-corrected chi connectivity index (χ1v) is 14.4. The lowest BCUT2D eigenvalue weighted by atomic mass is 9.98. The largest absolute Gasteiger partial charge is 0.384 e. The first-order chi connectivity index (χ1) is 20.9. The van der Waals surface area contributed by atoms with E-state index in [1.54, 1.807) is 18.2 Å². The van der Waals surface area contributed by atoms with Gasteiger partial charge < -0.3 is 26.6 Å². The molecule has 0 aromatic heterocycles. The SMILES string of the molecule is CCNC(=O)Nc1cccc(CCN/C(=C2\C(=O)Nc3ccc(C(=O)N[C@@H](C)c4ccccc4)cc32)c2ccccc2)c1. The predicted octanol–water partition coefficient (Wildman–Crippen LogP) is 5.97. The summed E-state index contributed by atoms with van der Waals surface area (Å²) >= 11 is 0. The van der Waals surface area contributed by atoms with E-state index in [1.807, 2.05) is 98.8 Å². The van der Waals surface area contributed by atoms with Gasteiger partial charge in [0.05, 0.1) is 17.3 Å². The molecular weight excluding hydrogens is 538 g/mol. The Morgan fingerprint density at radius 3 is 2.30 bits per heavy atom. The van der Waals surface area contributed by atoms with Gasteiger partial charge in [-0.25, -0.2) is 4.79 Å². The molecule has 1 aliphatic rings. The third kappa shape index (κ3) is 7.11. The van der Waals surface area contributed by atoms with Crippen molar-refractivity contribution in [3.63, 3.8) is 0 Å². The molecule has 0 saturated heterocycles. The number of anilines is 2. The maximum absolute atomic E-state index is 13.4. The minimum Gasteiger partial charge on any atom is -0.384 e. The quantitative estimate of drug-likeness (QED) is 0.151. The normalized spacial score (nSPS) is 13.8. The van der Waals surface area contributed by atoms with Crippen LogP contribution in [0.2, 0.25) is 0 Å². The van der Waals surface area contributed by atoms with Crippen LogP contribution in [-0.4, -0.2) is 30.9 Å². The molecule has 1 atom stereocenters. The minimum atomic E-state index is -0.248. The van der Waals surface area contributed by atoms with E-state index >= 15 is 0 Å². The van der Waals surface area contributed by atoms with Gasteiger partial charge in [-0.1, -0.05) is 72.8 Å². The molecule has 8 heteroatoms. The highest BCUT2D eigenvalue weighted by atomic mass is 16.2. The molecule has 0 fully saturated rings. The zero-order valence-corrected chi connectivity index (χ0v) is 24.2.